The molecule has 24 nitrogen and oxygen atoms in total. The smallest absolute Gasteiger partial charge is 0.246 e. The molecule has 3 aliphatic heterocycles. The van der Waals surface area contributed by atoms with Gasteiger partial charge in [0.1, 0.15) is 59.9 Å². The zero-order valence-corrected chi connectivity index (χ0v) is 63.0. The van der Waals surface area contributed by atoms with Crippen molar-refractivity contribution in [1.82, 2.24) is 60.5 Å². The first kappa shape index (κ1) is 81.1. The van der Waals surface area contributed by atoms with Crippen LogP contribution in [-0.2, 0) is 57.5 Å². The van der Waals surface area contributed by atoms with E-state index in [0.717, 1.165) is 32.1 Å². The summed E-state index contributed by atoms with van der Waals surface area (Å²) in [6.45, 7) is 18.2. The normalized spacial score (nSPS) is 30.8. The minimum Gasteiger partial charge on any atom is -0.343 e. The maximum absolute atomic E-state index is 15.2. The molecule has 12 amide bonds. The van der Waals surface area contributed by atoms with Crippen molar-refractivity contribution in [2.45, 2.75) is 274 Å². The summed E-state index contributed by atoms with van der Waals surface area (Å²) >= 11 is 10.3. The number of fused-ring (bicyclic) bond motifs is 1. The number of nitrogens with one attached hydrogen (secondary N) is 4. The summed E-state index contributed by atoms with van der Waals surface area (Å²) in [5.41, 5.74) is -1.66. The van der Waals surface area contributed by atoms with E-state index in [2.05, 4.69) is 37.2 Å². The zero-order chi connectivity index (χ0) is 71.8. The fourth-order valence-electron chi connectivity index (χ4n) is 14.0. The second-order valence-electron chi connectivity index (χ2n) is 29.9. The third-order valence-electron chi connectivity index (χ3n) is 21.3. The molecule has 0 radical (unpaired) electrons. The second kappa shape index (κ2) is 37.0. The van der Waals surface area contributed by atoms with Crippen LogP contribution in [0.15, 0.2) is 0 Å². The van der Waals surface area contributed by atoms with E-state index < -0.39 is 150 Å². The van der Waals surface area contributed by atoms with Gasteiger partial charge in [-0.25, -0.2) is 0 Å². The highest BCUT2D eigenvalue weighted by atomic mass is 79.9. The molecule has 96 heavy (non-hydrogen) atoms. The fraction of sp³-hybridized carbons (Fsp3) is 0.829. The first-order valence-corrected chi connectivity index (χ1v) is 37.1. The number of likely N-dealkylation sites (tertiary alicyclic amines) is 1. The molecule has 544 valence electrons. The number of amides is 12. The van der Waals surface area contributed by atoms with Gasteiger partial charge in [-0.15, -0.1) is 11.6 Å². The van der Waals surface area contributed by atoms with E-state index in [-0.39, 0.29) is 78.9 Å². The van der Waals surface area contributed by atoms with Gasteiger partial charge in [-0.05, 0) is 147 Å². The van der Waals surface area contributed by atoms with E-state index in [1.165, 1.54) is 90.4 Å². The van der Waals surface area contributed by atoms with Gasteiger partial charge < -0.3 is 60.5 Å². The second-order valence-corrected chi connectivity index (χ2v) is 31.8. The molecule has 0 spiro atoms. The summed E-state index contributed by atoms with van der Waals surface area (Å²) in [6, 6.07) is -10.5. The van der Waals surface area contributed by atoms with Crippen molar-refractivity contribution in [3.05, 3.63) is 0 Å². The summed E-state index contributed by atoms with van der Waals surface area (Å²) in [5, 5.41) is 11.7. The van der Waals surface area contributed by atoms with Crippen molar-refractivity contribution in [2.24, 2.45) is 29.6 Å². The van der Waals surface area contributed by atoms with Crippen LogP contribution in [0.2, 0.25) is 0 Å². The maximum Gasteiger partial charge on any atom is 0.246 e. The molecule has 0 aromatic carbocycles. The molecule has 2 unspecified atom stereocenters. The Balaban J connectivity index is 1.61. The Bertz CT molecular complexity index is 2730. The van der Waals surface area contributed by atoms with E-state index in [4.69, 9.17) is 11.6 Å². The van der Waals surface area contributed by atoms with Gasteiger partial charge in [-0.2, -0.15) is 0 Å². The lowest BCUT2D eigenvalue weighted by Crippen LogP contribution is -2.65. The Kier molecular flexibility index (Phi) is 31.3. The van der Waals surface area contributed by atoms with E-state index >= 15 is 9.59 Å². The largest absolute Gasteiger partial charge is 0.343 e. The molecule has 5 fully saturated rings. The van der Waals surface area contributed by atoms with E-state index in [9.17, 15) is 47.9 Å². The SMILES string of the molecule is CCCC[C@@H]1NC(=O)[C@H](CC2CCCC(Br)C2)NC(=O)CN(C)C(=O)[C@H](CC2CCC(Cl)CC2)N(C)C(=O)[C@@H]2CCN2C(=O)[C@H](C)N(C)C(=O)[C@H]([C@@H](C)CC)NC(=O)[C@H](CC(C)C)N(C)C(=O)C[C@@H](C(=O)N2CCCCC2)N(C)C(=O)[C@H](CC(C)C)NC(=O)C(C)(C)N(C)C1=O. The predicted octanol–water partition coefficient (Wildman–Crippen LogP) is 5.83. The molecular weight excluding hydrogens is 1320 g/mol. The number of likely N-dealkylation sites (N-methyl/N-ethyl adjacent to an activating group) is 6. The van der Waals surface area contributed by atoms with Crippen molar-refractivity contribution >= 4 is 98.4 Å². The van der Waals surface area contributed by atoms with Crippen LogP contribution >= 0.6 is 27.5 Å². The van der Waals surface area contributed by atoms with Crippen LogP contribution in [0.4, 0.5) is 0 Å². The summed E-state index contributed by atoms with van der Waals surface area (Å²) in [5.74, 6) is -7.97. The number of rotatable bonds is 14. The number of hydrogen-bond acceptors (Lipinski definition) is 12. The molecule has 5 aliphatic rings. The van der Waals surface area contributed by atoms with Gasteiger partial charge in [0.25, 0.3) is 0 Å². The molecule has 5 rings (SSSR count). The van der Waals surface area contributed by atoms with Crippen LogP contribution in [0.3, 0.4) is 0 Å². The van der Waals surface area contributed by atoms with Crippen LogP contribution < -0.4 is 21.3 Å². The van der Waals surface area contributed by atoms with Gasteiger partial charge in [-0.1, -0.05) is 96.5 Å². The number of nitrogens with zero attached hydrogens (tertiary/aromatic N) is 8. The highest BCUT2D eigenvalue weighted by molar-refractivity contribution is 9.09. The highest BCUT2D eigenvalue weighted by Gasteiger charge is 2.48. The summed E-state index contributed by atoms with van der Waals surface area (Å²) < 4.78 is 0. The number of hydrogen-bond donors (Lipinski definition) is 4. The molecule has 26 heteroatoms. The third-order valence-corrected chi connectivity index (χ3v) is 22.5. The number of alkyl halides is 2. The Hall–Kier alpha value is -5.59. The van der Waals surface area contributed by atoms with Crippen molar-refractivity contribution in [3.8, 4) is 0 Å². The minimum atomic E-state index is -1.66. The topological polar surface area (TPSA) is 279 Å². The van der Waals surface area contributed by atoms with Crippen LogP contribution in [0.25, 0.3) is 0 Å². The van der Waals surface area contributed by atoms with E-state index in [0.29, 0.717) is 70.9 Å². The Morgan fingerprint density at radius 1 is 0.604 bits per heavy atom. The lowest BCUT2D eigenvalue weighted by Gasteiger charge is -2.45. The molecule has 4 N–H and O–H groups in total. The lowest BCUT2D eigenvalue weighted by molar-refractivity contribution is -0.160. The van der Waals surface area contributed by atoms with Crippen molar-refractivity contribution in [1.29, 1.82) is 0 Å². The van der Waals surface area contributed by atoms with Crippen molar-refractivity contribution < 1.29 is 57.5 Å². The van der Waals surface area contributed by atoms with Crippen LogP contribution in [0, 0.1) is 29.6 Å². The van der Waals surface area contributed by atoms with E-state index in [1.807, 2.05) is 41.5 Å². The molecular formula is C70H118BrClN12O12. The quantitative estimate of drug-likeness (QED) is 0.150. The summed E-state index contributed by atoms with van der Waals surface area (Å²) in [6.07, 6.45) is 10.7. The number of halogens is 2. The van der Waals surface area contributed by atoms with Gasteiger partial charge in [0, 0.05) is 72.1 Å². The van der Waals surface area contributed by atoms with E-state index in [1.54, 1.807) is 18.7 Å². The number of unbranched alkanes of at least 4 members (excludes halogenated alkanes) is 1. The first-order valence-electron chi connectivity index (χ1n) is 35.7. The molecule has 12 atom stereocenters. The zero-order valence-electron chi connectivity index (χ0n) is 60.6. The average molecular weight is 1440 g/mol. The molecule has 0 aromatic heterocycles. The Labute approximate surface area is 585 Å². The monoisotopic (exact) mass is 1430 g/mol. The summed E-state index contributed by atoms with van der Waals surface area (Å²) in [7, 11) is 8.78. The average Bonchev–Trinajstić information content (AvgIpc) is 0.790. The van der Waals surface area contributed by atoms with Gasteiger partial charge in [0.2, 0.25) is 70.9 Å². The number of carbonyl (C=O) groups is 12. The number of carbonyl (C=O) groups excluding carboxylic acids is 12. The van der Waals surface area contributed by atoms with Crippen molar-refractivity contribution in [3.63, 3.8) is 0 Å². The molecule has 0 aromatic rings. The first-order chi connectivity index (χ1) is 45.0. The standard InChI is InChI=1S/C70H118BrClN12O12/c1-17-19-26-50-64(91)82(16)70(9,10)69(96)75-52(35-42(3)4)63(90)80(14)56(67(94)83-32-21-20-22-33-83)40-58(86)79(13)54(36-43(5)6)61(88)76-59(44(7)18-2)68(95)78(12)45(8)62(89)84-34-31-53(84)66(93)81(15)55(39-46-27-29-49(72)30-28-46)65(92)77(11)41-57(85)73-51(60(87)74-50)38-47-24-23-25-48(71)37-47/h42-56,59H,17-41H2,1-16H3,(H,73,85)(H,74,87)(H,75,96)(H,76,88)/t44-,45-,46?,47?,48?,49?,50-,51-,52-,53-,54-,55-,56-,59-/m0/s1. The Morgan fingerprint density at radius 2 is 1.24 bits per heavy atom. The highest BCUT2D eigenvalue weighted by Crippen LogP contribution is 2.35. The van der Waals surface area contributed by atoms with Crippen LogP contribution in [-0.4, -0.2) is 249 Å². The van der Waals surface area contributed by atoms with Gasteiger partial charge >= 0.3 is 0 Å². The molecule has 3 heterocycles. The third kappa shape index (κ3) is 21.5. The predicted molar refractivity (Wildman–Crippen MR) is 373 cm³/mol. The van der Waals surface area contributed by atoms with Crippen LogP contribution in [0.5, 0.6) is 0 Å². The molecule has 3 saturated heterocycles. The van der Waals surface area contributed by atoms with Crippen molar-refractivity contribution in [2.75, 3.05) is 68.5 Å². The summed E-state index contributed by atoms with van der Waals surface area (Å²) in [4.78, 5) is 189. The molecule has 2 aliphatic carbocycles. The maximum atomic E-state index is 15.2. The van der Waals surface area contributed by atoms with Gasteiger partial charge in [-0.3, -0.25) is 57.5 Å². The fourth-order valence-corrected chi connectivity index (χ4v) is 15.2. The number of piperidine rings is 1. The molecule has 2 saturated carbocycles. The lowest BCUT2D eigenvalue weighted by atomic mass is 9.83. The Morgan fingerprint density at radius 3 is 1.81 bits per heavy atom. The van der Waals surface area contributed by atoms with Crippen LogP contribution in [0.1, 0.15) is 204 Å². The van der Waals surface area contributed by atoms with Gasteiger partial charge in [0.05, 0.1) is 13.0 Å². The van der Waals surface area contributed by atoms with Gasteiger partial charge in [0.15, 0.2) is 0 Å². The molecule has 0 bridgehead atoms. The minimum absolute atomic E-state index is 0.000347.